The van der Waals surface area contributed by atoms with E-state index in [9.17, 15) is 28.8 Å². The maximum Gasteiger partial charge on any atom is 0.408 e. The molecule has 1 fully saturated rings. The second kappa shape index (κ2) is 25.8. The van der Waals surface area contributed by atoms with Gasteiger partial charge in [-0.1, -0.05) is 109 Å². The standard InChI is InChI=1S/C43H71N5O9/c1-8-9-10-11-12-13-14-15-20-26-43(48-38(51)36(31(2)3)47-41(54)57-42(4,5)6)27-25-33(43)37(50)45-29-35(49)46-34(39(52)55-7)24-19-21-28-44-40(53)56-30-32-22-17-16-18-23-32/h16-18,22-23,31,33-34,36H,8-15,19-21,24-30H2,1-7H3,(H,44,53)(H,45,50)(H,46,49)(H,47,54)(H,48,51)/t33?,34-,36-,43?/m0/s1. The zero-order chi connectivity index (χ0) is 42.3. The number of esters is 1. The quantitative estimate of drug-likeness (QED) is 0.0391. The van der Waals surface area contributed by atoms with Crippen molar-refractivity contribution in [1.29, 1.82) is 0 Å². The normalized spacial score (nSPS) is 17.3. The van der Waals surface area contributed by atoms with E-state index >= 15 is 0 Å². The van der Waals surface area contributed by atoms with E-state index in [1.165, 1.54) is 39.2 Å². The van der Waals surface area contributed by atoms with Gasteiger partial charge in [-0.2, -0.15) is 0 Å². The van der Waals surface area contributed by atoms with Gasteiger partial charge in [0.05, 0.1) is 25.1 Å². The molecule has 0 radical (unpaired) electrons. The summed E-state index contributed by atoms with van der Waals surface area (Å²) in [7, 11) is 1.23. The fourth-order valence-corrected chi connectivity index (χ4v) is 6.94. The molecule has 1 aromatic carbocycles. The fraction of sp³-hybridized carbons (Fsp3) is 0.721. The third-order valence-electron chi connectivity index (χ3n) is 10.2. The molecule has 1 aliphatic rings. The van der Waals surface area contributed by atoms with Gasteiger partial charge in [0.25, 0.3) is 0 Å². The van der Waals surface area contributed by atoms with Gasteiger partial charge in [0.15, 0.2) is 0 Å². The van der Waals surface area contributed by atoms with Gasteiger partial charge in [-0.25, -0.2) is 14.4 Å². The monoisotopic (exact) mass is 802 g/mol. The Bertz CT molecular complexity index is 1400. The summed E-state index contributed by atoms with van der Waals surface area (Å²) in [6.45, 7) is 11.2. The van der Waals surface area contributed by atoms with Crippen LogP contribution in [0.5, 0.6) is 0 Å². The van der Waals surface area contributed by atoms with E-state index in [4.69, 9.17) is 14.2 Å². The van der Waals surface area contributed by atoms with E-state index in [0.717, 1.165) is 31.2 Å². The largest absolute Gasteiger partial charge is 0.467 e. The highest BCUT2D eigenvalue weighted by Crippen LogP contribution is 2.43. The minimum atomic E-state index is -0.941. The highest BCUT2D eigenvalue weighted by molar-refractivity contribution is 5.91. The molecule has 2 rings (SSSR count). The van der Waals surface area contributed by atoms with Crippen molar-refractivity contribution in [1.82, 2.24) is 26.6 Å². The summed E-state index contributed by atoms with van der Waals surface area (Å²) in [5.41, 5.74) is -0.701. The molecule has 4 atom stereocenters. The number of hydrogen-bond acceptors (Lipinski definition) is 9. The molecule has 0 aromatic heterocycles. The Morgan fingerprint density at radius 1 is 0.825 bits per heavy atom. The summed E-state index contributed by atoms with van der Waals surface area (Å²) in [4.78, 5) is 77.7. The molecule has 322 valence electrons. The number of hydrogen-bond donors (Lipinski definition) is 5. The molecule has 1 aliphatic carbocycles. The molecule has 5 amide bonds. The molecule has 0 heterocycles. The average molecular weight is 802 g/mol. The van der Waals surface area contributed by atoms with Gasteiger partial charge in [-0.3, -0.25) is 14.4 Å². The highest BCUT2D eigenvalue weighted by atomic mass is 16.6. The van der Waals surface area contributed by atoms with Gasteiger partial charge in [0.2, 0.25) is 17.7 Å². The van der Waals surface area contributed by atoms with Crippen molar-refractivity contribution in [3.63, 3.8) is 0 Å². The minimum absolute atomic E-state index is 0.154. The van der Waals surface area contributed by atoms with Crippen LogP contribution in [0.3, 0.4) is 0 Å². The van der Waals surface area contributed by atoms with Gasteiger partial charge in [0, 0.05) is 6.54 Å². The Kier molecular flexibility index (Phi) is 22.1. The van der Waals surface area contributed by atoms with E-state index in [0.29, 0.717) is 38.6 Å². The SMILES string of the molecule is CCCCCCCCCCCC1(NC(=O)[C@@H](NC(=O)OC(C)(C)C)C(C)C)CCC1C(=O)NCC(=O)N[C@@H](CCCCNC(=O)OCc1ccccc1)C(=O)OC. The second-order valence-corrected chi connectivity index (χ2v) is 16.5. The predicted octanol–water partition coefficient (Wildman–Crippen LogP) is 6.59. The summed E-state index contributed by atoms with van der Waals surface area (Å²) >= 11 is 0. The van der Waals surface area contributed by atoms with Crippen LogP contribution in [0.25, 0.3) is 0 Å². The van der Waals surface area contributed by atoms with E-state index in [1.54, 1.807) is 20.8 Å². The topological polar surface area (TPSA) is 190 Å². The molecule has 0 bridgehead atoms. The molecule has 14 heteroatoms. The molecule has 0 aliphatic heterocycles. The smallest absolute Gasteiger partial charge is 0.408 e. The lowest BCUT2D eigenvalue weighted by Crippen LogP contribution is -2.67. The number of benzene rings is 1. The zero-order valence-corrected chi connectivity index (χ0v) is 35.6. The Morgan fingerprint density at radius 2 is 1.47 bits per heavy atom. The number of rotatable bonds is 26. The van der Waals surface area contributed by atoms with Crippen LogP contribution in [-0.4, -0.2) is 79.3 Å². The molecule has 0 saturated heterocycles. The van der Waals surface area contributed by atoms with Crippen molar-refractivity contribution in [2.24, 2.45) is 11.8 Å². The van der Waals surface area contributed by atoms with Gasteiger partial charge in [0.1, 0.15) is 24.3 Å². The number of ether oxygens (including phenoxy) is 3. The number of nitrogens with one attached hydrogen (secondary N) is 5. The van der Waals surface area contributed by atoms with Crippen LogP contribution in [0.2, 0.25) is 0 Å². The average Bonchev–Trinajstić information content (AvgIpc) is 3.15. The van der Waals surface area contributed by atoms with Crippen LogP contribution in [0.15, 0.2) is 30.3 Å². The van der Waals surface area contributed by atoms with Gasteiger partial charge < -0.3 is 40.8 Å². The van der Waals surface area contributed by atoms with Crippen LogP contribution >= 0.6 is 0 Å². The Morgan fingerprint density at radius 3 is 2.05 bits per heavy atom. The van der Waals surface area contributed by atoms with Crippen molar-refractivity contribution >= 4 is 35.9 Å². The summed E-state index contributed by atoms with van der Waals surface area (Å²) in [6, 6.07) is 7.50. The maximum atomic E-state index is 13.8. The van der Waals surface area contributed by atoms with Crippen LogP contribution in [0.1, 0.15) is 143 Å². The molecule has 1 saturated carbocycles. The number of methoxy groups -OCH3 is 1. The Labute approximate surface area is 340 Å². The first-order chi connectivity index (χ1) is 27.1. The first kappa shape index (κ1) is 48.8. The van der Waals surface area contributed by atoms with Gasteiger partial charge in [-0.15, -0.1) is 0 Å². The molecule has 2 unspecified atom stereocenters. The zero-order valence-electron chi connectivity index (χ0n) is 35.6. The molecular weight excluding hydrogens is 730 g/mol. The Balaban J connectivity index is 1.96. The van der Waals surface area contributed by atoms with Crippen molar-refractivity contribution in [3.05, 3.63) is 35.9 Å². The lowest BCUT2D eigenvalue weighted by molar-refractivity contribution is -0.145. The molecule has 14 nitrogen and oxygen atoms in total. The minimum Gasteiger partial charge on any atom is -0.467 e. The van der Waals surface area contributed by atoms with Crippen molar-refractivity contribution < 1.29 is 43.0 Å². The maximum absolute atomic E-state index is 13.8. The molecule has 5 N–H and O–H groups in total. The number of carbonyl (C=O) groups excluding carboxylic acids is 6. The number of carbonyl (C=O) groups is 6. The summed E-state index contributed by atoms with van der Waals surface area (Å²) in [5.74, 6) is -2.77. The highest BCUT2D eigenvalue weighted by Gasteiger charge is 2.51. The van der Waals surface area contributed by atoms with E-state index in [-0.39, 0.29) is 37.3 Å². The number of unbranched alkanes of at least 4 members (excludes halogenated alkanes) is 9. The third kappa shape index (κ3) is 19.1. The van der Waals surface area contributed by atoms with Crippen LogP contribution in [0.4, 0.5) is 9.59 Å². The molecule has 57 heavy (non-hydrogen) atoms. The predicted molar refractivity (Wildman–Crippen MR) is 219 cm³/mol. The first-order valence-electron chi connectivity index (χ1n) is 21.0. The number of amides is 5. The van der Waals surface area contributed by atoms with E-state index < -0.39 is 53.2 Å². The summed E-state index contributed by atoms with van der Waals surface area (Å²) < 4.78 is 15.5. The Hall–Kier alpha value is -4.36. The van der Waals surface area contributed by atoms with Crippen molar-refractivity contribution in [2.45, 2.75) is 168 Å². The van der Waals surface area contributed by atoms with Crippen LogP contribution < -0.4 is 26.6 Å². The summed E-state index contributed by atoms with van der Waals surface area (Å²) in [5, 5.41) is 13.9. The van der Waals surface area contributed by atoms with Gasteiger partial charge in [-0.05, 0) is 70.8 Å². The third-order valence-corrected chi connectivity index (χ3v) is 10.2. The molecular formula is C43H71N5O9. The van der Waals surface area contributed by atoms with E-state index in [1.807, 2.05) is 44.2 Å². The number of alkyl carbamates (subject to hydrolysis) is 2. The van der Waals surface area contributed by atoms with Crippen LogP contribution in [0, 0.1) is 11.8 Å². The van der Waals surface area contributed by atoms with E-state index in [2.05, 4.69) is 33.5 Å². The van der Waals surface area contributed by atoms with Crippen molar-refractivity contribution in [2.75, 3.05) is 20.2 Å². The van der Waals surface area contributed by atoms with Gasteiger partial charge >= 0.3 is 18.2 Å². The lowest BCUT2D eigenvalue weighted by Gasteiger charge is -2.50. The fourth-order valence-electron chi connectivity index (χ4n) is 6.94. The lowest BCUT2D eigenvalue weighted by atomic mass is 9.63. The van der Waals surface area contributed by atoms with Crippen molar-refractivity contribution in [3.8, 4) is 0 Å². The summed E-state index contributed by atoms with van der Waals surface area (Å²) in [6.07, 6.45) is 11.9. The van der Waals surface area contributed by atoms with Crippen LogP contribution in [-0.2, 0) is 40.0 Å². The second-order valence-electron chi connectivity index (χ2n) is 16.5. The molecule has 0 spiro atoms. The molecule has 1 aromatic rings. The first-order valence-corrected chi connectivity index (χ1v) is 21.0.